The summed E-state index contributed by atoms with van der Waals surface area (Å²) >= 11 is 0. The first-order valence-electron chi connectivity index (χ1n) is 17.3. The molecule has 0 saturated carbocycles. The Balaban J connectivity index is 4.61. The van der Waals surface area contributed by atoms with Gasteiger partial charge in [-0.15, -0.1) is 0 Å². The van der Waals surface area contributed by atoms with Crippen LogP contribution in [0.2, 0.25) is 0 Å². The van der Waals surface area contributed by atoms with E-state index in [1.807, 2.05) is 21.1 Å². The van der Waals surface area contributed by atoms with Gasteiger partial charge in [0.25, 0.3) is 0 Å². The molecule has 0 aromatic heterocycles. The van der Waals surface area contributed by atoms with Gasteiger partial charge in [0.1, 0.15) is 6.54 Å². The van der Waals surface area contributed by atoms with Crippen molar-refractivity contribution in [3.05, 3.63) is 0 Å². The number of hydrogen-bond donors (Lipinski definition) is 1. The molecule has 1 N–H and O–H groups in total. The number of aliphatic carboxylic acids is 1. The van der Waals surface area contributed by atoms with E-state index in [1.54, 1.807) is 0 Å². The molecule has 0 radical (unpaired) electrons. The third kappa shape index (κ3) is 23.8. The van der Waals surface area contributed by atoms with Crippen LogP contribution in [0.25, 0.3) is 0 Å². The lowest BCUT2D eigenvalue weighted by Gasteiger charge is -2.37. The topological polar surface area (TPSA) is 80.7 Å². The summed E-state index contributed by atoms with van der Waals surface area (Å²) < 4.78 is 6.19. The Morgan fingerprint density at radius 2 is 0.902 bits per heavy atom. The van der Waals surface area contributed by atoms with Crippen LogP contribution in [0.15, 0.2) is 0 Å². The Hall–Kier alpha value is -1.43. The number of ketones is 1. The van der Waals surface area contributed by atoms with Gasteiger partial charge >= 0.3 is 11.9 Å². The van der Waals surface area contributed by atoms with E-state index >= 15 is 0 Å². The number of quaternary nitrogens is 1. The van der Waals surface area contributed by atoms with E-state index in [4.69, 9.17) is 4.74 Å². The van der Waals surface area contributed by atoms with Gasteiger partial charge in [0.2, 0.25) is 5.60 Å². The second-order valence-corrected chi connectivity index (χ2v) is 13.5. The number of carbonyl (C=O) groups excluding carboxylic acids is 2. The average molecular weight is 583 g/mol. The fraction of sp³-hybridized carbons (Fsp3) is 0.914. The molecular formula is C35H68NO5+. The number of esters is 1. The minimum absolute atomic E-state index is 0.167. The zero-order valence-corrected chi connectivity index (χ0v) is 27.9. The summed E-state index contributed by atoms with van der Waals surface area (Å²) in [5.41, 5.74) is -1.60. The molecule has 6 heteroatoms. The van der Waals surface area contributed by atoms with Gasteiger partial charge in [0, 0.05) is 12.8 Å². The fourth-order valence-corrected chi connectivity index (χ4v) is 5.76. The van der Waals surface area contributed by atoms with Gasteiger partial charge in [-0.3, -0.25) is 14.4 Å². The highest BCUT2D eigenvalue weighted by molar-refractivity contribution is 5.93. The molecule has 0 bridgehead atoms. The summed E-state index contributed by atoms with van der Waals surface area (Å²) in [4.78, 5) is 38.2. The Morgan fingerprint density at radius 3 is 1.24 bits per heavy atom. The number of nitrogens with zero attached hydrogens (tertiary/aromatic N) is 1. The molecule has 1 unspecified atom stereocenters. The largest absolute Gasteiger partial charge is 0.481 e. The van der Waals surface area contributed by atoms with E-state index in [-0.39, 0.29) is 25.2 Å². The molecule has 41 heavy (non-hydrogen) atoms. The summed E-state index contributed by atoms with van der Waals surface area (Å²) in [5, 5.41) is 9.69. The van der Waals surface area contributed by atoms with Gasteiger partial charge in [0.15, 0.2) is 5.78 Å². The number of carboxylic acids is 1. The molecule has 0 aromatic carbocycles. The smallest absolute Gasteiger partial charge is 0.308 e. The third-order valence-corrected chi connectivity index (χ3v) is 7.98. The summed E-state index contributed by atoms with van der Waals surface area (Å²) in [7, 11) is 5.72. The summed E-state index contributed by atoms with van der Waals surface area (Å²) in [6, 6.07) is 0. The molecule has 0 aromatic rings. The summed E-state index contributed by atoms with van der Waals surface area (Å²) in [6.07, 6.45) is 26.2. The van der Waals surface area contributed by atoms with Crippen molar-refractivity contribution >= 4 is 17.7 Å². The average Bonchev–Trinajstić information content (AvgIpc) is 2.88. The number of ether oxygens (including phenoxy) is 1. The number of carboxylic acid groups (broad SMARTS) is 1. The zero-order valence-electron chi connectivity index (χ0n) is 27.9. The highest BCUT2D eigenvalue weighted by Gasteiger charge is 2.48. The van der Waals surface area contributed by atoms with Gasteiger partial charge in [-0.05, 0) is 12.8 Å². The van der Waals surface area contributed by atoms with Gasteiger partial charge in [0.05, 0.1) is 27.6 Å². The Morgan fingerprint density at radius 1 is 0.561 bits per heavy atom. The maximum atomic E-state index is 13.5. The van der Waals surface area contributed by atoms with Crippen molar-refractivity contribution in [1.82, 2.24) is 0 Å². The molecule has 0 aliphatic heterocycles. The van der Waals surface area contributed by atoms with E-state index in [0.29, 0.717) is 10.9 Å². The van der Waals surface area contributed by atoms with Crippen LogP contribution in [0.4, 0.5) is 0 Å². The van der Waals surface area contributed by atoms with Crippen molar-refractivity contribution < 1.29 is 28.7 Å². The lowest BCUT2D eigenvalue weighted by Crippen LogP contribution is -2.57. The Kier molecular flexibility index (Phi) is 24.2. The van der Waals surface area contributed by atoms with E-state index in [1.165, 1.54) is 103 Å². The van der Waals surface area contributed by atoms with Crippen molar-refractivity contribution in [2.24, 2.45) is 0 Å². The minimum atomic E-state index is -1.60. The van der Waals surface area contributed by atoms with Gasteiger partial charge in [-0.2, -0.15) is 0 Å². The van der Waals surface area contributed by atoms with Crippen LogP contribution < -0.4 is 0 Å². The van der Waals surface area contributed by atoms with Crippen LogP contribution in [0.1, 0.15) is 174 Å². The van der Waals surface area contributed by atoms with Crippen LogP contribution >= 0.6 is 0 Å². The maximum absolute atomic E-state index is 13.5. The highest BCUT2D eigenvalue weighted by Crippen LogP contribution is 2.26. The van der Waals surface area contributed by atoms with Crippen molar-refractivity contribution in [1.29, 1.82) is 0 Å². The van der Waals surface area contributed by atoms with Gasteiger partial charge < -0.3 is 14.3 Å². The molecule has 0 amide bonds. The van der Waals surface area contributed by atoms with E-state index in [0.717, 1.165) is 32.1 Å². The van der Waals surface area contributed by atoms with Crippen LogP contribution in [-0.2, 0) is 19.1 Å². The van der Waals surface area contributed by atoms with Gasteiger partial charge in [-0.1, -0.05) is 142 Å². The van der Waals surface area contributed by atoms with Gasteiger partial charge in [-0.25, -0.2) is 0 Å². The number of carbonyl (C=O) groups is 3. The number of Topliss-reactive ketones (excluding diaryl/α,β-unsaturated/α-hetero) is 1. The summed E-state index contributed by atoms with van der Waals surface area (Å²) in [5.74, 6) is -1.78. The SMILES string of the molecule is CCCCCCCCCCCCCC(=O)OC(CC(=O)O)(C[N+](C)(C)C)C(=O)CCCCCCCCCCCCC. The summed E-state index contributed by atoms with van der Waals surface area (Å²) in [6.45, 7) is 4.65. The normalized spacial score (nSPS) is 13.2. The van der Waals surface area contributed by atoms with Crippen molar-refractivity contribution in [3.8, 4) is 0 Å². The first kappa shape index (κ1) is 39.6. The molecule has 0 rings (SSSR count). The number of rotatable bonds is 30. The van der Waals surface area contributed by atoms with Crippen molar-refractivity contribution in [2.45, 2.75) is 180 Å². The van der Waals surface area contributed by atoms with Crippen LogP contribution in [0.3, 0.4) is 0 Å². The van der Waals surface area contributed by atoms with Crippen LogP contribution in [0.5, 0.6) is 0 Å². The second kappa shape index (κ2) is 25.1. The number of hydrogen-bond acceptors (Lipinski definition) is 4. The Labute approximate surface area is 254 Å². The standard InChI is InChI=1S/C35H67NO5/c1-6-8-10-12-14-16-18-20-22-24-26-28-32(37)35(30-33(38)39,31-36(3,4)5)41-34(40)29-27-25-23-21-19-17-15-13-11-9-7-2/h6-31H2,1-5H3/p+1. The molecule has 1 atom stereocenters. The molecule has 0 saturated heterocycles. The quantitative estimate of drug-likeness (QED) is 0.0518. The second-order valence-electron chi connectivity index (χ2n) is 13.5. The monoisotopic (exact) mass is 583 g/mol. The van der Waals surface area contributed by atoms with E-state index < -0.39 is 24.0 Å². The molecule has 0 spiro atoms. The van der Waals surface area contributed by atoms with Crippen molar-refractivity contribution in [2.75, 3.05) is 27.7 Å². The number of unbranched alkanes of at least 4 members (excludes halogenated alkanes) is 20. The number of likely N-dealkylation sites (N-methyl/N-ethyl adjacent to an activating group) is 1. The molecule has 0 aliphatic rings. The van der Waals surface area contributed by atoms with E-state index in [9.17, 15) is 19.5 Å². The first-order chi connectivity index (χ1) is 19.6. The molecule has 6 nitrogen and oxygen atoms in total. The van der Waals surface area contributed by atoms with E-state index in [2.05, 4.69) is 13.8 Å². The zero-order chi connectivity index (χ0) is 30.8. The van der Waals surface area contributed by atoms with Crippen LogP contribution in [0, 0.1) is 0 Å². The minimum Gasteiger partial charge on any atom is -0.481 e. The predicted octanol–water partition coefficient (Wildman–Crippen LogP) is 9.42. The predicted molar refractivity (Wildman–Crippen MR) is 171 cm³/mol. The molecule has 0 heterocycles. The third-order valence-electron chi connectivity index (χ3n) is 7.98. The Bertz CT molecular complexity index is 672. The molecule has 0 fully saturated rings. The molecule has 0 aliphatic carbocycles. The van der Waals surface area contributed by atoms with Crippen molar-refractivity contribution in [3.63, 3.8) is 0 Å². The molecular weight excluding hydrogens is 514 g/mol. The first-order valence-corrected chi connectivity index (χ1v) is 17.3. The fourth-order valence-electron chi connectivity index (χ4n) is 5.76. The molecule has 242 valence electrons. The van der Waals surface area contributed by atoms with Crippen LogP contribution in [-0.4, -0.2) is 60.6 Å². The lowest BCUT2D eigenvalue weighted by atomic mass is 9.89. The lowest BCUT2D eigenvalue weighted by molar-refractivity contribution is -0.875. The highest BCUT2D eigenvalue weighted by atomic mass is 16.6. The maximum Gasteiger partial charge on any atom is 0.308 e.